The van der Waals surface area contributed by atoms with Gasteiger partial charge in [0.2, 0.25) is 0 Å². The molecule has 0 bridgehead atoms. The van der Waals surface area contributed by atoms with Gasteiger partial charge in [-0.15, -0.1) is 0 Å². The number of aromatic nitrogens is 2. The first-order chi connectivity index (χ1) is 7.78. The summed E-state index contributed by atoms with van der Waals surface area (Å²) in [4.78, 5) is 11.9. The Kier molecular flexibility index (Phi) is 2.43. The highest BCUT2D eigenvalue weighted by Crippen LogP contribution is 2.30. The molecule has 1 aromatic rings. The molecule has 86 valence electrons. The van der Waals surface area contributed by atoms with Gasteiger partial charge in [-0.3, -0.25) is 4.90 Å². The van der Waals surface area contributed by atoms with Crippen LogP contribution in [0.3, 0.4) is 0 Å². The molecule has 0 radical (unpaired) electrons. The zero-order chi connectivity index (χ0) is 11.1. The maximum atomic E-state index is 4.70. The van der Waals surface area contributed by atoms with Gasteiger partial charge in [-0.1, -0.05) is 6.92 Å². The Labute approximate surface area is 96.9 Å². The fourth-order valence-electron chi connectivity index (χ4n) is 3.04. The van der Waals surface area contributed by atoms with Crippen molar-refractivity contribution in [2.24, 2.45) is 0 Å². The number of hydrogen-bond donors (Lipinski definition) is 0. The maximum absolute atomic E-state index is 4.70. The predicted octanol–water partition coefficient (Wildman–Crippen LogP) is 1.87. The van der Waals surface area contributed by atoms with Crippen LogP contribution in [0.4, 0.5) is 0 Å². The Hall–Kier alpha value is -0.960. The second-order valence-electron chi connectivity index (χ2n) is 4.97. The van der Waals surface area contributed by atoms with E-state index in [9.17, 15) is 0 Å². The highest BCUT2D eigenvalue weighted by molar-refractivity contribution is 5.29. The minimum atomic E-state index is 0.766. The van der Waals surface area contributed by atoms with Crippen molar-refractivity contribution in [1.82, 2.24) is 14.9 Å². The van der Waals surface area contributed by atoms with Crippen molar-refractivity contribution in [3.63, 3.8) is 0 Å². The van der Waals surface area contributed by atoms with E-state index in [0.717, 1.165) is 24.8 Å². The number of fused-ring (bicyclic) bond motifs is 2. The van der Waals surface area contributed by atoms with Crippen LogP contribution in [0.1, 0.15) is 42.5 Å². The molecule has 3 rings (SSSR count). The second kappa shape index (κ2) is 3.81. The van der Waals surface area contributed by atoms with Crippen molar-refractivity contribution in [2.45, 2.75) is 52.1 Å². The number of nitrogens with zero attached hydrogens (tertiary/aromatic N) is 3. The fourth-order valence-corrected chi connectivity index (χ4v) is 3.04. The van der Waals surface area contributed by atoms with Crippen LogP contribution in [0, 0.1) is 6.92 Å². The van der Waals surface area contributed by atoms with E-state index in [1.807, 2.05) is 0 Å². The lowest BCUT2D eigenvalue weighted by atomic mass is 9.97. The number of hydrogen-bond acceptors (Lipinski definition) is 3. The van der Waals surface area contributed by atoms with E-state index in [4.69, 9.17) is 4.98 Å². The van der Waals surface area contributed by atoms with Crippen LogP contribution in [-0.2, 0) is 19.4 Å². The SMILES string of the molecule is CCc1nc(C)c2c(n1)CN1CCCC1C2. The lowest BCUT2D eigenvalue weighted by molar-refractivity contribution is 0.222. The molecule has 0 amide bonds. The Morgan fingerprint density at radius 3 is 3.06 bits per heavy atom. The van der Waals surface area contributed by atoms with Crippen LogP contribution in [-0.4, -0.2) is 27.5 Å². The lowest BCUT2D eigenvalue weighted by Crippen LogP contribution is -2.36. The molecule has 3 heterocycles. The number of aryl methyl sites for hydroxylation is 2. The molecule has 1 saturated heterocycles. The summed E-state index contributed by atoms with van der Waals surface area (Å²) in [5.41, 5.74) is 3.94. The van der Waals surface area contributed by atoms with Crippen LogP contribution >= 0.6 is 0 Å². The molecule has 3 heteroatoms. The molecule has 1 unspecified atom stereocenters. The molecule has 2 aliphatic heterocycles. The summed E-state index contributed by atoms with van der Waals surface area (Å²) >= 11 is 0. The summed E-state index contributed by atoms with van der Waals surface area (Å²) in [5, 5.41) is 0. The molecule has 0 aliphatic carbocycles. The third-order valence-corrected chi connectivity index (χ3v) is 3.95. The average molecular weight is 217 g/mol. The Morgan fingerprint density at radius 2 is 2.25 bits per heavy atom. The quantitative estimate of drug-likeness (QED) is 0.719. The van der Waals surface area contributed by atoms with E-state index in [2.05, 4.69) is 23.7 Å². The van der Waals surface area contributed by atoms with Gasteiger partial charge in [0.1, 0.15) is 5.82 Å². The Balaban J connectivity index is 2.00. The highest BCUT2D eigenvalue weighted by Gasteiger charge is 2.31. The van der Waals surface area contributed by atoms with Crippen molar-refractivity contribution in [1.29, 1.82) is 0 Å². The Bertz CT molecular complexity index is 414. The van der Waals surface area contributed by atoms with Gasteiger partial charge >= 0.3 is 0 Å². The lowest BCUT2D eigenvalue weighted by Gasteiger charge is -2.31. The Morgan fingerprint density at radius 1 is 1.38 bits per heavy atom. The van der Waals surface area contributed by atoms with Crippen LogP contribution in [0.5, 0.6) is 0 Å². The molecule has 0 N–H and O–H groups in total. The molecular weight excluding hydrogens is 198 g/mol. The highest BCUT2D eigenvalue weighted by atomic mass is 15.2. The van der Waals surface area contributed by atoms with Crippen LogP contribution in [0.2, 0.25) is 0 Å². The molecule has 16 heavy (non-hydrogen) atoms. The summed E-state index contributed by atoms with van der Waals surface area (Å²) in [6.45, 7) is 6.58. The number of rotatable bonds is 1. The molecule has 1 atom stereocenters. The van der Waals surface area contributed by atoms with Gasteiger partial charge in [0.05, 0.1) is 5.69 Å². The smallest absolute Gasteiger partial charge is 0.128 e. The predicted molar refractivity (Wildman–Crippen MR) is 63.3 cm³/mol. The first-order valence-electron chi connectivity index (χ1n) is 6.37. The topological polar surface area (TPSA) is 29.0 Å². The second-order valence-corrected chi connectivity index (χ2v) is 4.97. The van der Waals surface area contributed by atoms with Gasteiger partial charge < -0.3 is 0 Å². The van der Waals surface area contributed by atoms with Crippen LogP contribution in [0.15, 0.2) is 0 Å². The minimum Gasteiger partial charge on any atom is -0.294 e. The molecular formula is C13H19N3. The van der Waals surface area contributed by atoms with Gasteiger partial charge in [-0.25, -0.2) is 9.97 Å². The summed E-state index contributed by atoms with van der Waals surface area (Å²) in [5.74, 6) is 1.01. The first-order valence-corrected chi connectivity index (χ1v) is 6.37. The van der Waals surface area contributed by atoms with E-state index in [-0.39, 0.29) is 0 Å². The van der Waals surface area contributed by atoms with Crippen molar-refractivity contribution < 1.29 is 0 Å². The zero-order valence-corrected chi connectivity index (χ0v) is 10.2. The van der Waals surface area contributed by atoms with E-state index in [1.165, 1.54) is 42.8 Å². The molecule has 0 aromatic carbocycles. The van der Waals surface area contributed by atoms with Crippen molar-refractivity contribution >= 4 is 0 Å². The van der Waals surface area contributed by atoms with Crippen molar-refractivity contribution in [3.05, 3.63) is 22.8 Å². The van der Waals surface area contributed by atoms with E-state index < -0.39 is 0 Å². The maximum Gasteiger partial charge on any atom is 0.128 e. The average Bonchev–Trinajstić information content (AvgIpc) is 2.73. The summed E-state index contributed by atoms with van der Waals surface area (Å²) in [6, 6.07) is 0.766. The van der Waals surface area contributed by atoms with Crippen LogP contribution in [0.25, 0.3) is 0 Å². The largest absolute Gasteiger partial charge is 0.294 e. The molecule has 0 spiro atoms. The van der Waals surface area contributed by atoms with E-state index in [0.29, 0.717) is 0 Å². The molecule has 0 saturated carbocycles. The molecule has 1 fully saturated rings. The van der Waals surface area contributed by atoms with Crippen molar-refractivity contribution in [2.75, 3.05) is 6.54 Å². The first kappa shape index (κ1) is 10.2. The third-order valence-electron chi connectivity index (χ3n) is 3.95. The summed E-state index contributed by atoms with van der Waals surface area (Å²) in [6.07, 6.45) is 4.82. The molecule has 1 aromatic heterocycles. The third kappa shape index (κ3) is 1.54. The molecule has 2 aliphatic rings. The summed E-state index contributed by atoms with van der Waals surface area (Å²) < 4.78 is 0. The van der Waals surface area contributed by atoms with Gasteiger partial charge in [0.25, 0.3) is 0 Å². The monoisotopic (exact) mass is 217 g/mol. The van der Waals surface area contributed by atoms with Crippen molar-refractivity contribution in [3.8, 4) is 0 Å². The van der Waals surface area contributed by atoms with E-state index >= 15 is 0 Å². The fraction of sp³-hybridized carbons (Fsp3) is 0.692. The van der Waals surface area contributed by atoms with Crippen LogP contribution < -0.4 is 0 Å². The normalized spacial score (nSPS) is 24.2. The standard InChI is InChI=1S/C13H19N3/c1-3-13-14-9(2)11-7-10-5-4-6-16(10)8-12(11)15-13/h10H,3-8H2,1-2H3. The summed E-state index contributed by atoms with van der Waals surface area (Å²) in [7, 11) is 0. The van der Waals surface area contributed by atoms with Gasteiger partial charge in [-0.2, -0.15) is 0 Å². The zero-order valence-electron chi connectivity index (χ0n) is 10.2. The van der Waals surface area contributed by atoms with Gasteiger partial charge in [-0.05, 0) is 38.3 Å². The van der Waals surface area contributed by atoms with E-state index in [1.54, 1.807) is 0 Å². The van der Waals surface area contributed by atoms with Gasteiger partial charge in [0.15, 0.2) is 0 Å². The minimum absolute atomic E-state index is 0.766. The van der Waals surface area contributed by atoms with Gasteiger partial charge in [0, 0.05) is 24.7 Å². The molecule has 3 nitrogen and oxygen atoms in total.